The van der Waals surface area contributed by atoms with E-state index >= 15 is 0 Å². The maximum Gasteiger partial charge on any atom is 0.349 e. The first-order valence-electron chi connectivity index (χ1n) is 5.67. The van der Waals surface area contributed by atoms with E-state index in [1.165, 1.54) is 0 Å². The van der Waals surface area contributed by atoms with Crippen LogP contribution in [0.5, 0.6) is 5.75 Å². The lowest BCUT2D eigenvalue weighted by Crippen LogP contribution is -2.40. The summed E-state index contributed by atoms with van der Waals surface area (Å²) in [6.07, 6.45) is -0.787. The quantitative estimate of drug-likeness (QED) is 0.867. The molecule has 4 nitrogen and oxygen atoms in total. The average molecular weight is 316 g/mol. The number of nitrogens with two attached hydrogens (primary N) is 1. The molecule has 0 saturated carbocycles. The number of benzene rings is 1. The van der Waals surface area contributed by atoms with Gasteiger partial charge in [0.05, 0.1) is 0 Å². The van der Waals surface area contributed by atoms with Crippen LogP contribution in [0.2, 0.25) is 0 Å². The Bertz CT molecular complexity index is 398. The summed E-state index contributed by atoms with van der Waals surface area (Å²) in [4.78, 5) is 11.8. The standard InChI is InChI=1S/C13H18BrNO3/c1-13(2,3)18-12(16)11(8-15)17-10-6-4-9(14)5-7-10/h4-7,11H,8,15H2,1-3H3. The Morgan fingerprint density at radius 2 is 1.89 bits per heavy atom. The topological polar surface area (TPSA) is 61.5 Å². The van der Waals surface area contributed by atoms with Crippen LogP contribution in [-0.4, -0.2) is 24.2 Å². The molecule has 0 aromatic heterocycles. The lowest BCUT2D eigenvalue weighted by molar-refractivity contribution is -0.162. The molecule has 1 rings (SSSR count). The van der Waals surface area contributed by atoms with Gasteiger partial charge in [-0.15, -0.1) is 0 Å². The molecule has 1 unspecified atom stereocenters. The summed E-state index contributed by atoms with van der Waals surface area (Å²) in [5.74, 6) is 0.132. The molecule has 0 fully saturated rings. The van der Waals surface area contributed by atoms with Crippen LogP contribution < -0.4 is 10.5 Å². The van der Waals surface area contributed by atoms with Crippen molar-refractivity contribution >= 4 is 21.9 Å². The second-order valence-electron chi connectivity index (χ2n) is 4.83. The minimum atomic E-state index is -0.787. The van der Waals surface area contributed by atoms with E-state index in [1.807, 2.05) is 12.1 Å². The highest BCUT2D eigenvalue weighted by molar-refractivity contribution is 9.10. The first-order chi connectivity index (χ1) is 8.31. The van der Waals surface area contributed by atoms with Gasteiger partial charge >= 0.3 is 5.97 Å². The Balaban J connectivity index is 2.67. The number of carbonyl (C=O) groups is 1. The van der Waals surface area contributed by atoms with Crippen molar-refractivity contribution in [2.75, 3.05) is 6.54 Å². The molecule has 5 heteroatoms. The third kappa shape index (κ3) is 5.06. The molecule has 1 atom stereocenters. The summed E-state index contributed by atoms with van der Waals surface area (Å²) in [7, 11) is 0. The molecule has 0 radical (unpaired) electrons. The average Bonchev–Trinajstić information content (AvgIpc) is 2.25. The van der Waals surface area contributed by atoms with Gasteiger partial charge in [-0.25, -0.2) is 4.79 Å². The molecule has 0 aliphatic heterocycles. The third-order valence-electron chi connectivity index (χ3n) is 1.98. The van der Waals surface area contributed by atoms with Gasteiger partial charge in [-0.3, -0.25) is 0 Å². The van der Waals surface area contributed by atoms with E-state index in [-0.39, 0.29) is 6.54 Å². The van der Waals surface area contributed by atoms with Gasteiger partial charge in [0, 0.05) is 11.0 Å². The molecule has 0 amide bonds. The minimum Gasteiger partial charge on any atom is -0.477 e. The zero-order valence-electron chi connectivity index (χ0n) is 10.8. The first-order valence-corrected chi connectivity index (χ1v) is 6.46. The highest BCUT2D eigenvalue weighted by Crippen LogP contribution is 2.18. The molecule has 0 heterocycles. The van der Waals surface area contributed by atoms with Crippen LogP contribution in [0.1, 0.15) is 20.8 Å². The Morgan fingerprint density at radius 3 is 2.33 bits per heavy atom. The van der Waals surface area contributed by atoms with Gasteiger partial charge in [-0.05, 0) is 45.0 Å². The van der Waals surface area contributed by atoms with Crippen molar-refractivity contribution in [3.63, 3.8) is 0 Å². The number of rotatable bonds is 4. The van der Waals surface area contributed by atoms with Gasteiger partial charge in [-0.2, -0.15) is 0 Å². The maximum atomic E-state index is 11.8. The summed E-state index contributed by atoms with van der Waals surface area (Å²) in [5.41, 5.74) is 4.99. The van der Waals surface area contributed by atoms with Gasteiger partial charge in [0.25, 0.3) is 0 Å². The van der Waals surface area contributed by atoms with Crippen LogP contribution in [0, 0.1) is 0 Å². The van der Waals surface area contributed by atoms with E-state index in [0.717, 1.165) is 4.47 Å². The monoisotopic (exact) mass is 315 g/mol. The highest BCUT2D eigenvalue weighted by Gasteiger charge is 2.25. The van der Waals surface area contributed by atoms with E-state index in [1.54, 1.807) is 32.9 Å². The van der Waals surface area contributed by atoms with Crippen molar-refractivity contribution in [3.8, 4) is 5.75 Å². The maximum absolute atomic E-state index is 11.8. The predicted octanol–water partition coefficient (Wildman–Crippen LogP) is 2.50. The number of hydrogen-bond donors (Lipinski definition) is 1. The lowest BCUT2D eigenvalue weighted by atomic mass is 10.2. The normalized spacial score (nSPS) is 12.9. The summed E-state index contributed by atoms with van der Waals surface area (Å²) < 4.78 is 11.7. The second-order valence-corrected chi connectivity index (χ2v) is 5.75. The van der Waals surface area contributed by atoms with Crippen LogP contribution >= 0.6 is 15.9 Å². The molecule has 100 valence electrons. The van der Waals surface area contributed by atoms with Crippen molar-refractivity contribution in [1.82, 2.24) is 0 Å². The number of ether oxygens (including phenoxy) is 2. The van der Waals surface area contributed by atoms with Crippen molar-refractivity contribution in [3.05, 3.63) is 28.7 Å². The molecule has 0 aliphatic carbocycles. The number of carbonyl (C=O) groups excluding carboxylic acids is 1. The zero-order valence-corrected chi connectivity index (χ0v) is 12.4. The molecule has 1 aromatic carbocycles. The predicted molar refractivity (Wildman–Crippen MR) is 73.5 cm³/mol. The fourth-order valence-electron chi connectivity index (χ4n) is 1.24. The van der Waals surface area contributed by atoms with Gasteiger partial charge in [-0.1, -0.05) is 15.9 Å². The van der Waals surface area contributed by atoms with E-state index < -0.39 is 17.7 Å². The molecular weight excluding hydrogens is 298 g/mol. The van der Waals surface area contributed by atoms with Crippen molar-refractivity contribution < 1.29 is 14.3 Å². The van der Waals surface area contributed by atoms with E-state index in [0.29, 0.717) is 5.75 Å². The molecule has 0 saturated heterocycles. The molecule has 2 N–H and O–H groups in total. The largest absolute Gasteiger partial charge is 0.477 e. The smallest absolute Gasteiger partial charge is 0.349 e. The van der Waals surface area contributed by atoms with E-state index in [2.05, 4.69) is 15.9 Å². The van der Waals surface area contributed by atoms with Crippen LogP contribution in [-0.2, 0) is 9.53 Å². The Kier molecular flexibility index (Phi) is 5.16. The van der Waals surface area contributed by atoms with Gasteiger partial charge < -0.3 is 15.2 Å². The fourth-order valence-corrected chi connectivity index (χ4v) is 1.50. The van der Waals surface area contributed by atoms with E-state index in [4.69, 9.17) is 15.2 Å². The minimum absolute atomic E-state index is 0.0744. The molecular formula is C13H18BrNO3. The third-order valence-corrected chi connectivity index (χ3v) is 2.50. The van der Waals surface area contributed by atoms with Gasteiger partial charge in [0.15, 0.2) is 0 Å². The Labute approximate surface area is 116 Å². The number of hydrogen-bond acceptors (Lipinski definition) is 4. The lowest BCUT2D eigenvalue weighted by Gasteiger charge is -2.23. The Morgan fingerprint density at radius 1 is 1.33 bits per heavy atom. The van der Waals surface area contributed by atoms with Crippen LogP contribution in [0.3, 0.4) is 0 Å². The Hall–Kier alpha value is -1.07. The van der Waals surface area contributed by atoms with Crippen LogP contribution in [0.4, 0.5) is 0 Å². The van der Waals surface area contributed by atoms with Crippen molar-refractivity contribution in [1.29, 1.82) is 0 Å². The summed E-state index contributed by atoms with van der Waals surface area (Å²) in [5, 5.41) is 0. The second kappa shape index (κ2) is 6.20. The summed E-state index contributed by atoms with van der Waals surface area (Å²) >= 11 is 3.33. The van der Waals surface area contributed by atoms with Crippen molar-refractivity contribution in [2.24, 2.45) is 5.73 Å². The molecule has 0 aliphatic rings. The molecule has 0 bridgehead atoms. The summed E-state index contributed by atoms with van der Waals surface area (Å²) in [6.45, 7) is 5.49. The number of halogens is 1. The first kappa shape index (κ1) is 15.0. The van der Waals surface area contributed by atoms with E-state index in [9.17, 15) is 4.79 Å². The molecule has 1 aromatic rings. The van der Waals surface area contributed by atoms with Crippen LogP contribution in [0.15, 0.2) is 28.7 Å². The highest BCUT2D eigenvalue weighted by atomic mass is 79.9. The number of esters is 1. The molecule has 18 heavy (non-hydrogen) atoms. The summed E-state index contributed by atoms with van der Waals surface area (Å²) in [6, 6.07) is 7.18. The van der Waals surface area contributed by atoms with Gasteiger partial charge in [0.1, 0.15) is 11.4 Å². The van der Waals surface area contributed by atoms with Gasteiger partial charge in [0.2, 0.25) is 6.10 Å². The SMILES string of the molecule is CC(C)(C)OC(=O)C(CN)Oc1ccc(Br)cc1. The van der Waals surface area contributed by atoms with Crippen LogP contribution in [0.25, 0.3) is 0 Å². The fraction of sp³-hybridized carbons (Fsp3) is 0.462. The molecule has 0 spiro atoms. The van der Waals surface area contributed by atoms with Crippen molar-refractivity contribution in [2.45, 2.75) is 32.5 Å². The zero-order chi connectivity index (χ0) is 13.8.